The van der Waals surface area contributed by atoms with E-state index in [-0.39, 0.29) is 30.4 Å². The fourth-order valence-electron chi connectivity index (χ4n) is 1.98. The predicted octanol–water partition coefficient (Wildman–Crippen LogP) is 2.08. The molecule has 0 saturated heterocycles. The summed E-state index contributed by atoms with van der Waals surface area (Å²) in [7, 11) is -1.67. The summed E-state index contributed by atoms with van der Waals surface area (Å²) in [6, 6.07) is 5.79. The van der Waals surface area contributed by atoms with Gasteiger partial charge >= 0.3 is 0 Å². The third-order valence-corrected chi connectivity index (χ3v) is 4.90. The van der Waals surface area contributed by atoms with Crippen LogP contribution >= 0.6 is 0 Å². The van der Waals surface area contributed by atoms with Crippen molar-refractivity contribution in [2.75, 3.05) is 30.5 Å². The van der Waals surface area contributed by atoms with Crippen LogP contribution in [0.4, 0.5) is 5.69 Å². The van der Waals surface area contributed by atoms with E-state index in [2.05, 4.69) is 5.32 Å². The quantitative estimate of drug-likeness (QED) is 0.797. The summed E-state index contributed by atoms with van der Waals surface area (Å²) >= 11 is 0. The highest BCUT2D eigenvalue weighted by molar-refractivity contribution is 7.91. The molecule has 1 aromatic rings. The molecule has 21 heavy (non-hydrogen) atoms. The minimum atomic E-state index is -3.13. The zero-order valence-electron chi connectivity index (χ0n) is 12.8. The van der Waals surface area contributed by atoms with Crippen molar-refractivity contribution in [3.63, 3.8) is 0 Å². The van der Waals surface area contributed by atoms with E-state index < -0.39 is 9.84 Å². The van der Waals surface area contributed by atoms with Gasteiger partial charge in [0, 0.05) is 19.2 Å². The zero-order valence-corrected chi connectivity index (χ0v) is 13.6. The fourth-order valence-corrected chi connectivity index (χ4v) is 3.19. The molecule has 0 atom stereocenters. The largest absolute Gasteiger partial charge is 0.384 e. The topological polar surface area (TPSA) is 72.5 Å². The SMILES string of the molecule is COCCS(=O)(=O)CCCC(=O)Nc1c(C)cccc1C. The molecule has 0 fully saturated rings. The zero-order chi connectivity index (χ0) is 15.9. The average molecular weight is 313 g/mol. The first-order valence-electron chi connectivity index (χ1n) is 6.91. The van der Waals surface area contributed by atoms with Gasteiger partial charge in [-0.2, -0.15) is 0 Å². The van der Waals surface area contributed by atoms with Crippen LogP contribution in [0.25, 0.3) is 0 Å². The molecular formula is C15H23NO4S. The van der Waals surface area contributed by atoms with E-state index in [1.54, 1.807) is 0 Å². The molecule has 118 valence electrons. The van der Waals surface area contributed by atoms with E-state index in [0.29, 0.717) is 6.42 Å². The van der Waals surface area contributed by atoms with E-state index >= 15 is 0 Å². The maximum atomic E-state index is 11.9. The lowest BCUT2D eigenvalue weighted by Crippen LogP contribution is -2.18. The number of methoxy groups -OCH3 is 1. The number of hydrogen-bond donors (Lipinski definition) is 1. The molecule has 0 spiro atoms. The minimum absolute atomic E-state index is 0.00200. The Hall–Kier alpha value is -1.40. The van der Waals surface area contributed by atoms with E-state index in [1.165, 1.54) is 7.11 Å². The van der Waals surface area contributed by atoms with E-state index in [1.807, 2.05) is 32.0 Å². The Bertz CT molecular complexity index is 561. The van der Waals surface area contributed by atoms with Crippen molar-refractivity contribution in [3.05, 3.63) is 29.3 Å². The average Bonchev–Trinajstić information content (AvgIpc) is 2.41. The van der Waals surface area contributed by atoms with Gasteiger partial charge in [0.1, 0.15) is 0 Å². The van der Waals surface area contributed by atoms with Crippen LogP contribution < -0.4 is 5.32 Å². The molecular weight excluding hydrogens is 290 g/mol. The maximum absolute atomic E-state index is 11.9. The Labute approximate surface area is 126 Å². The first-order valence-corrected chi connectivity index (χ1v) is 8.73. The molecule has 0 aromatic heterocycles. The van der Waals surface area contributed by atoms with Crippen LogP contribution in [-0.4, -0.2) is 39.5 Å². The number of carbonyl (C=O) groups is 1. The van der Waals surface area contributed by atoms with Gasteiger partial charge < -0.3 is 10.1 Å². The Morgan fingerprint density at radius 2 is 1.81 bits per heavy atom. The lowest BCUT2D eigenvalue weighted by molar-refractivity contribution is -0.116. The van der Waals surface area contributed by atoms with Crippen LogP contribution in [0.5, 0.6) is 0 Å². The molecule has 0 saturated carbocycles. The van der Waals surface area contributed by atoms with Gasteiger partial charge in [-0.1, -0.05) is 18.2 Å². The maximum Gasteiger partial charge on any atom is 0.224 e. The van der Waals surface area contributed by atoms with Crippen LogP contribution in [0.15, 0.2) is 18.2 Å². The van der Waals surface area contributed by atoms with E-state index in [4.69, 9.17) is 4.74 Å². The molecule has 1 rings (SSSR count). The molecule has 1 N–H and O–H groups in total. The van der Waals surface area contributed by atoms with Gasteiger partial charge in [0.05, 0.1) is 18.1 Å². The van der Waals surface area contributed by atoms with Crippen molar-refractivity contribution < 1.29 is 17.9 Å². The second kappa shape index (κ2) is 8.14. The monoisotopic (exact) mass is 313 g/mol. The minimum Gasteiger partial charge on any atom is -0.384 e. The van der Waals surface area contributed by atoms with Gasteiger partial charge in [-0.05, 0) is 31.4 Å². The molecule has 0 radical (unpaired) electrons. The molecule has 0 unspecified atom stereocenters. The third-order valence-electron chi connectivity index (χ3n) is 3.20. The first-order chi connectivity index (χ1) is 9.85. The third kappa shape index (κ3) is 6.27. The predicted molar refractivity (Wildman–Crippen MR) is 84.3 cm³/mol. The lowest BCUT2D eigenvalue weighted by atomic mass is 10.1. The molecule has 6 heteroatoms. The number of amides is 1. The second-order valence-electron chi connectivity index (χ2n) is 5.06. The van der Waals surface area contributed by atoms with Crippen molar-refractivity contribution in [3.8, 4) is 0 Å². The summed E-state index contributed by atoms with van der Waals surface area (Å²) < 4.78 is 28.0. The van der Waals surface area contributed by atoms with Crippen molar-refractivity contribution in [1.29, 1.82) is 0 Å². The van der Waals surface area contributed by atoms with Crippen molar-refractivity contribution in [2.45, 2.75) is 26.7 Å². The van der Waals surface area contributed by atoms with Crippen LogP contribution in [0.1, 0.15) is 24.0 Å². The summed E-state index contributed by atoms with van der Waals surface area (Å²) in [5.74, 6) is -0.146. The summed E-state index contributed by atoms with van der Waals surface area (Å²) in [4.78, 5) is 11.9. The van der Waals surface area contributed by atoms with Crippen molar-refractivity contribution in [1.82, 2.24) is 0 Å². The molecule has 0 aliphatic heterocycles. The van der Waals surface area contributed by atoms with E-state index in [0.717, 1.165) is 16.8 Å². The highest BCUT2D eigenvalue weighted by Crippen LogP contribution is 2.19. The Morgan fingerprint density at radius 3 is 2.38 bits per heavy atom. The van der Waals surface area contributed by atoms with Gasteiger partial charge in [0.15, 0.2) is 9.84 Å². The van der Waals surface area contributed by atoms with E-state index in [9.17, 15) is 13.2 Å². The lowest BCUT2D eigenvalue weighted by Gasteiger charge is -2.11. The number of aryl methyl sites for hydroxylation is 2. The van der Waals surface area contributed by atoms with Gasteiger partial charge in [0.25, 0.3) is 0 Å². The number of para-hydroxylation sites is 1. The first kappa shape index (κ1) is 17.7. The van der Waals surface area contributed by atoms with Gasteiger partial charge in [0.2, 0.25) is 5.91 Å². The molecule has 0 bridgehead atoms. The van der Waals surface area contributed by atoms with Crippen molar-refractivity contribution in [2.24, 2.45) is 0 Å². The molecule has 0 heterocycles. The Kier molecular flexibility index (Phi) is 6.84. The number of rotatable bonds is 8. The van der Waals surface area contributed by atoms with Crippen LogP contribution in [0.3, 0.4) is 0 Å². The number of nitrogens with one attached hydrogen (secondary N) is 1. The Balaban J connectivity index is 2.45. The smallest absolute Gasteiger partial charge is 0.224 e. The van der Waals surface area contributed by atoms with Crippen molar-refractivity contribution >= 4 is 21.4 Å². The van der Waals surface area contributed by atoms with Gasteiger partial charge in [-0.25, -0.2) is 8.42 Å². The number of ether oxygens (including phenoxy) is 1. The Morgan fingerprint density at radius 1 is 1.19 bits per heavy atom. The van der Waals surface area contributed by atoms with Crippen LogP contribution in [0, 0.1) is 13.8 Å². The number of anilines is 1. The molecule has 0 aliphatic carbocycles. The fraction of sp³-hybridized carbons (Fsp3) is 0.533. The molecule has 0 aliphatic rings. The summed E-state index contributed by atoms with van der Waals surface area (Å²) in [6.45, 7) is 4.05. The summed E-state index contributed by atoms with van der Waals surface area (Å²) in [6.07, 6.45) is 0.517. The number of sulfone groups is 1. The number of hydrogen-bond acceptors (Lipinski definition) is 4. The summed E-state index contributed by atoms with van der Waals surface area (Å²) in [5, 5.41) is 2.85. The molecule has 5 nitrogen and oxygen atoms in total. The van der Waals surface area contributed by atoms with Crippen LogP contribution in [0.2, 0.25) is 0 Å². The normalized spacial score (nSPS) is 11.4. The number of carbonyl (C=O) groups excluding carboxylic acids is 1. The van der Waals surface area contributed by atoms with Gasteiger partial charge in [-0.15, -0.1) is 0 Å². The standard InChI is InChI=1S/C15H23NO4S/c1-12-6-4-7-13(2)15(12)16-14(17)8-5-10-21(18,19)11-9-20-3/h4,6-7H,5,8-11H2,1-3H3,(H,16,17). The second-order valence-corrected chi connectivity index (χ2v) is 7.37. The highest BCUT2D eigenvalue weighted by atomic mass is 32.2. The highest BCUT2D eigenvalue weighted by Gasteiger charge is 2.12. The van der Waals surface area contributed by atoms with Crippen LogP contribution in [-0.2, 0) is 19.4 Å². The number of benzene rings is 1. The summed E-state index contributed by atoms with van der Waals surface area (Å²) in [5.41, 5.74) is 2.80. The van der Waals surface area contributed by atoms with Gasteiger partial charge in [-0.3, -0.25) is 4.79 Å². The molecule has 1 amide bonds. The molecule has 1 aromatic carbocycles.